The van der Waals surface area contributed by atoms with Crippen molar-refractivity contribution in [1.82, 2.24) is 10.2 Å². The van der Waals surface area contributed by atoms with Gasteiger partial charge in [0.05, 0.1) is 11.5 Å². The molecule has 5 heteroatoms. The van der Waals surface area contributed by atoms with E-state index >= 15 is 0 Å². The fourth-order valence-electron chi connectivity index (χ4n) is 3.70. The molecule has 0 spiro atoms. The Balaban J connectivity index is 2.04. The van der Waals surface area contributed by atoms with Crippen molar-refractivity contribution in [3.05, 3.63) is 0 Å². The highest BCUT2D eigenvalue weighted by molar-refractivity contribution is 7.91. The fourth-order valence-corrected chi connectivity index (χ4v) is 5.42. The van der Waals surface area contributed by atoms with Gasteiger partial charge >= 0.3 is 0 Å². The van der Waals surface area contributed by atoms with E-state index in [0.717, 1.165) is 32.4 Å². The van der Waals surface area contributed by atoms with E-state index in [1.807, 2.05) is 0 Å². The van der Waals surface area contributed by atoms with Crippen LogP contribution < -0.4 is 5.32 Å². The Morgan fingerprint density at radius 3 is 2.70 bits per heavy atom. The molecule has 3 unspecified atom stereocenters. The normalized spacial score (nSPS) is 35.3. The van der Waals surface area contributed by atoms with Crippen LogP contribution in [0.5, 0.6) is 0 Å². The zero-order valence-electron chi connectivity index (χ0n) is 13.1. The molecule has 2 saturated heterocycles. The maximum absolute atomic E-state index is 11.9. The summed E-state index contributed by atoms with van der Waals surface area (Å²) in [5.74, 6) is 1.45. The monoisotopic (exact) mass is 302 g/mol. The third-order valence-electron chi connectivity index (χ3n) is 4.68. The zero-order chi connectivity index (χ0) is 14.8. The second-order valence-electron chi connectivity index (χ2n) is 6.90. The number of hydrogen-bond donors (Lipinski definition) is 1. The average Bonchev–Trinajstić information content (AvgIpc) is 2.36. The lowest BCUT2D eigenvalue weighted by atomic mass is 9.96. The molecule has 0 radical (unpaired) electrons. The highest BCUT2D eigenvalue weighted by Crippen LogP contribution is 2.24. The molecule has 0 bridgehead atoms. The predicted octanol–water partition coefficient (Wildman–Crippen LogP) is 1.66. The largest absolute Gasteiger partial charge is 0.311 e. The van der Waals surface area contributed by atoms with Gasteiger partial charge in [0.15, 0.2) is 9.84 Å². The molecule has 1 N–H and O–H groups in total. The second-order valence-corrected chi connectivity index (χ2v) is 9.13. The molecule has 20 heavy (non-hydrogen) atoms. The number of piperazine rings is 1. The van der Waals surface area contributed by atoms with Crippen LogP contribution >= 0.6 is 0 Å². The number of nitrogens with one attached hydrogen (secondary N) is 1. The van der Waals surface area contributed by atoms with Gasteiger partial charge in [-0.25, -0.2) is 8.42 Å². The van der Waals surface area contributed by atoms with E-state index in [9.17, 15) is 8.42 Å². The molecule has 0 aromatic carbocycles. The molecule has 0 aromatic rings. The Hall–Kier alpha value is -0.130. The minimum absolute atomic E-state index is 0.246. The molecule has 2 fully saturated rings. The summed E-state index contributed by atoms with van der Waals surface area (Å²) in [5, 5.41) is 3.65. The average molecular weight is 302 g/mol. The van der Waals surface area contributed by atoms with Crippen LogP contribution in [0.4, 0.5) is 0 Å². The first kappa shape index (κ1) is 16.2. The lowest BCUT2D eigenvalue weighted by Crippen LogP contribution is -2.61. The second kappa shape index (κ2) is 6.75. The van der Waals surface area contributed by atoms with Crippen LogP contribution in [0.25, 0.3) is 0 Å². The van der Waals surface area contributed by atoms with E-state index in [4.69, 9.17) is 0 Å². The summed E-state index contributed by atoms with van der Waals surface area (Å²) >= 11 is 0. The molecule has 2 rings (SSSR count). The van der Waals surface area contributed by atoms with Crippen LogP contribution in [0.2, 0.25) is 0 Å². The molecule has 118 valence electrons. The van der Waals surface area contributed by atoms with Gasteiger partial charge in [0.1, 0.15) is 0 Å². The van der Waals surface area contributed by atoms with Crippen molar-refractivity contribution in [2.75, 3.05) is 24.6 Å². The van der Waals surface area contributed by atoms with Crippen LogP contribution in [0, 0.1) is 5.92 Å². The smallest absolute Gasteiger partial charge is 0.151 e. The number of rotatable bonds is 4. The lowest BCUT2D eigenvalue weighted by Gasteiger charge is -2.46. The molecule has 4 nitrogen and oxygen atoms in total. The third-order valence-corrected chi connectivity index (χ3v) is 6.48. The summed E-state index contributed by atoms with van der Waals surface area (Å²) in [7, 11) is -2.82. The molecule has 2 heterocycles. The van der Waals surface area contributed by atoms with E-state index in [1.54, 1.807) is 0 Å². The van der Waals surface area contributed by atoms with Crippen LogP contribution in [0.15, 0.2) is 0 Å². The Bertz CT molecular complexity index is 408. The van der Waals surface area contributed by atoms with E-state index in [2.05, 4.69) is 31.0 Å². The first-order valence-corrected chi connectivity index (χ1v) is 9.93. The van der Waals surface area contributed by atoms with Gasteiger partial charge in [0.2, 0.25) is 0 Å². The first-order chi connectivity index (χ1) is 9.41. The van der Waals surface area contributed by atoms with Gasteiger partial charge in [-0.3, -0.25) is 4.90 Å². The van der Waals surface area contributed by atoms with E-state index in [-0.39, 0.29) is 6.04 Å². The minimum Gasteiger partial charge on any atom is -0.311 e. The fraction of sp³-hybridized carbons (Fsp3) is 1.00. The van der Waals surface area contributed by atoms with Gasteiger partial charge in [0.25, 0.3) is 0 Å². The Labute approximate surface area is 124 Å². The molecule has 0 aromatic heterocycles. The van der Waals surface area contributed by atoms with Crippen molar-refractivity contribution >= 4 is 9.84 Å². The Kier molecular flexibility index (Phi) is 5.49. The summed E-state index contributed by atoms with van der Waals surface area (Å²) in [6.07, 6.45) is 4.15. The van der Waals surface area contributed by atoms with Crippen LogP contribution in [-0.4, -0.2) is 56.0 Å². The van der Waals surface area contributed by atoms with Crippen molar-refractivity contribution in [2.24, 2.45) is 5.92 Å². The number of sulfone groups is 1. The van der Waals surface area contributed by atoms with Gasteiger partial charge < -0.3 is 5.32 Å². The summed E-state index contributed by atoms with van der Waals surface area (Å²) in [5.41, 5.74) is 0. The third kappa shape index (κ3) is 4.18. The molecular weight excluding hydrogens is 272 g/mol. The SMILES string of the molecule is CCC1CNC(CC(C)C)CN1C1CCCS(=O)(=O)C1. The van der Waals surface area contributed by atoms with E-state index < -0.39 is 9.84 Å². The van der Waals surface area contributed by atoms with Gasteiger partial charge in [0, 0.05) is 31.2 Å². The summed E-state index contributed by atoms with van der Waals surface area (Å²) in [6, 6.07) is 1.26. The van der Waals surface area contributed by atoms with Gasteiger partial charge in [-0.2, -0.15) is 0 Å². The van der Waals surface area contributed by atoms with E-state index in [1.165, 1.54) is 6.42 Å². The van der Waals surface area contributed by atoms with Gasteiger partial charge in [-0.05, 0) is 31.6 Å². The van der Waals surface area contributed by atoms with Crippen LogP contribution in [-0.2, 0) is 9.84 Å². The molecule has 0 amide bonds. The molecule has 0 saturated carbocycles. The highest BCUT2D eigenvalue weighted by Gasteiger charge is 2.36. The van der Waals surface area contributed by atoms with Crippen molar-refractivity contribution in [1.29, 1.82) is 0 Å². The summed E-state index contributed by atoms with van der Waals surface area (Å²) in [6.45, 7) is 8.73. The predicted molar refractivity (Wildman–Crippen MR) is 83.7 cm³/mol. The van der Waals surface area contributed by atoms with Crippen LogP contribution in [0.1, 0.15) is 46.5 Å². The Morgan fingerprint density at radius 1 is 1.35 bits per heavy atom. The first-order valence-electron chi connectivity index (χ1n) is 8.11. The van der Waals surface area contributed by atoms with Crippen molar-refractivity contribution in [3.8, 4) is 0 Å². The molecule has 2 aliphatic rings. The van der Waals surface area contributed by atoms with Crippen molar-refractivity contribution < 1.29 is 8.42 Å². The molecular formula is C15H30N2O2S. The van der Waals surface area contributed by atoms with Crippen molar-refractivity contribution in [2.45, 2.75) is 64.6 Å². The topological polar surface area (TPSA) is 49.4 Å². The number of nitrogens with zero attached hydrogens (tertiary/aromatic N) is 1. The van der Waals surface area contributed by atoms with E-state index in [0.29, 0.717) is 29.5 Å². The van der Waals surface area contributed by atoms with Gasteiger partial charge in [-0.1, -0.05) is 20.8 Å². The zero-order valence-corrected chi connectivity index (χ0v) is 14.0. The van der Waals surface area contributed by atoms with Crippen LogP contribution in [0.3, 0.4) is 0 Å². The quantitative estimate of drug-likeness (QED) is 0.858. The summed E-state index contributed by atoms with van der Waals surface area (Å²) in [4.78, 5) is 2.50. The molecule has 0 aliphatic carbocycles. The Morgan fingerprint density at radius 2 is 2.10 bits per heavy atom. The maximum Gasteiger partial charge on any atom is 0.151 e. The lowest BCUT2D eigenvalue weighted by molar-refractivity contribution is 0.0761. The maximum atomic E-state index is 11.9. The van der Waals surface area contributed by atoms with Crippen molar-refractivity contribution in [3.63, 3.8) is 0 Å². The number of hydrogen-bond acceptors (Lipinski definition) is 4. The summed E-state index contributed by atoms with van der Waals surface area (Å²) < 4.78 is 23.8. The molecule has 2 aliphatic heterocycles. The molecule has 3 atom stereocenters. The highest BCUT2D eigenvalue weighted by atomic mass is 32.2. The van der Waals surface area contributed by atoms with Gasteiger partial charge in [-0.15, -0.1) is 0 Å². The minimum atomic E-state index is -2.82. The standard InChI is InChI=1S/C15H30N2O2S/c1-4-14-9-16-13(8-12(2)3)10-17(14)15-6-5-7-20(18,19)11-15/h12-16H,4-11H2,1-3H3.